The van der Waals surface area contributed by atoms with Crippen LogP contribution in [0.25, 0.3) is 0 Å². The van der Waals surface area contributed by atoms with E-state index in [1.807, 2.05) is 6.92 Å². The second kappa shape index (κ2) is 7.66. The maximum Gasteiger partial charge on any atom is 0.328 e. The molecule has 2 atom stereocenters. The number of rotatable bonds is 6. The Morgan fingerprint density at radius 3 is 2.75 bits per heavy atom. The van der Waals surface area contributed by atoms with Crippen LogP contribution < -0.4 is 9.64 Å². The van der Waals surface area contributed by atoms with Crippen molar-refractivity contribution in [1.82, 2.24) is 0 Å². The molecule has 0 bridgehead atoms. The first-order valence-corrected chi connectivity index (χ1v) is 8.33. The smallest absolute Gasteiger partial charge is 0.328 e. The van der Waals surface area contributed by atoms with Crippen molar-refractivity contribution in [2.45, 2.75) is 39.3 Å². The molecule has 1 heterocycles. The third kappa shape index (κ3) is 3.53. The fourth-order valence-electron chi connectivity index (χ4n) is 2.44. The third-order valence-corrected chi connectivity index (χ3v) is 3.97. The zero-order chi connectivity index (χ0) is 17.9. The van der Waals surface area contributed by atoms with Gasteiger partial charge in [-0.25, -0.2) is 4.79 Å². The Morgan fingerprint density at radius 2 is 2.12 bits per heavy atom. The van der Waals surface area contributed by atoms with Crippen LogP contribution in [0, 0.1) is 0 Å². The van der Waals surface area contributed by atoms with E-state index in [0.717, 1.165) is 0 Å². The van der Waals surface area contributed by atoms with Crippen LogP contribution in [-0.4, -0.2) is 42.3 Å². The van der Waals surface area contributed by atoms with E-state index in [2.05, 4.69) is 0 Å². The van der Waals surface area contributed by atoms with Crippen molar-refractivity contribution in [3.63, 3.8) is 0 Å². The Morgan fingerprint density at radius 1 is 1.42 bits per heavy atom. The summed E-state index contributed by atoms with van der Waals surface area (Å²) in [5.74, 6) is -0.869. The van der Waals surface area contributed by atoms with Gasteiger partial charge in [0.25, 0.3) is 5.91 Å². The van der Waals surface area contributed by atoms with E-state index >= 15 is 0 Å². The number of benzene rings is 1. The fraction of sp³-hybridized carbons (Fsp3) is 0.471. The number of carbonyl (C=O) groups is 3. The standard InChI is InChI=1S/C17H20ClNO5/c1-4-7-23-17(22)10(2)19-13-8-12(14(20)9-18)5-6-15(13)24-11(3)16(19)21/h5-6,8,10-11H,4,7,9H2,1-3H3. The number of hydrogen-bond donors (Lipinski definition) is 0. The SMILES string of the molecule is CCCOC(=O)C(C)N1C(=O)C(C)Oc2ccc(C(=O)CCl)cc21. The van der Waals surface area contributed by atoms with E-state index in [9.17, 15) is 14.4 Å². The summed E-state index contributed by atoms with van der Waals surface area (Å²) in [6.45, 7) is 5.38. The monoisotopic (exact) mass is 353 g/mol. The molecule has 0 saturated carbocycles. The van der Waals surface area contributed by atoms with Crippen LogP contribution in [0.2, 0.25) is 0 Å². The normalized spacial score (nSPS) is 17.8. The Labute approximate surface area is 145 Å². The van der Waals surface area contributed by atoms with E-state index < -0.39 is 18.1 Å². The number of alkyl halides is 1. The molecule has 2 unspecified atom stereocenters. The first kappa shape index (κ1) is 18.3. The van der Waals surface area contributed by atoms with Gasteiger partial charge >= 0.3 is 5.97 Å². The largest absolute Gasteiger partial charge is 0.479 e. The molecule has 2 rings (SSSR count). The van der Waals surface area contributed by atoms with Gasteiger partial charge in [-0.3, -0.25) is 14.5 Å². The molecule has 1 amide bonds. The quantitative estimate of drug-likeness (QED) is 0.446. The highest BCUT2D eigenvalue weighted by Crippen LogP contribution is 2.36. The molecule has 6 nitrogen and oxygen atoms in total. The minimum absolute atomic E-state index is 0.169. The highest BCUT2D eigenvalue weighted by Gasteiger charge is 2.38. The number of carbonyl (C=O) groups excluding carboxylic acids is 3. The van der Waals surface area contributed by atoms with Crippen LogP contribution in [0.15, 0.2) is 18.2 Å². The van der Waals surface area contributed by atoms with Gasteiger partial charge in [0.05, 0.1) is 18.2 Å². The molecule has 0 N–H and O–H groups in total. The van der Waals surface area contributed by atoms with Crippen molar-refractivity contribution >= 4 is 34.9 Å². The molecule has 0 saturated heterocycles. The average Bonchev–Trinajstić information content (AvgIpc) is 2.59. The first-order valence-electron chi connectivity index (χ1n) is 7.80. The van der Waals surface area contributed by atoms with Gasteiger partial charge in [-0.1, -0.05) is 6.92 Å². The zero-order valence-corrected chi connectivity index (χ0v) is 14.6. The molecule has 0 aliphatic carbocycles. The third-order valence-electron chi connectivity index (χ3n) is 3.73. The summed E-state index contributed by atoms with van der Waals surface area (Å²) in [4.78, 5) is 37.9. The van der Waals surface area contributed by atoms with Gasteiger partial charge in [0.2, 0.25) is 0 Å². The van der Waals surface area contributed by atoms with Crippen molar-refractivity contribution in [3.8, 4) is 5.75 Å². The van der Waals surface area contributed by atoms with Crippen molar-refractivity contribution in [2.24, 2.45) is 0 Å². The minimum atomic E-state index is -0.824. The van der Waals surface area contributed by atoms with E-state index in [0.29, 0.717) is 23.4 Å². The molecule has 7 heteroatoms. The summed E-state index contributed by atoms with van der Waals surface area (Å²) >= 11 is 5.59. The minimum Gasteiger partial charge on any atom is -0.479 e. The van der Waals surface area contributed by atoms with Crippen LogP contribution >= 0.6 is 11.6 Å². The number of ether oxygens (including phenoxy) is 2. The lowest BCUT2D eigenvalue weighted by atomic mass is 10.1. The highest BCUT2D eigenvalue weighted by molar-refractivity contribution is 6.30. The molecule has 1 aromatic carbocycles. The maximum atomic E-state index is 12.5. The summed E-state index contributed by atoms with van der Waals surface area (Å²) in [7, 11) is 0. The molecule has 1 aliphatic heterocycles. The van der Waals surface area contributed by atoms with Gasteiger partial charge in [0, 0.05) is 5.56 Å². The molecule has 0 fully saturated rings. The molecule has 0 radical (unpaired) electrons. The van der Waals surface area contributed by atoms with E-state index in [4.69, 9.17) is 21.1 Å². The van der Waals surface area contributed by atoms with Crippen LogP contribution in [0.1, 0.15) is 37.6 Å². The van der Waals surface area contributed by atoms with Crippen molar-refractivity contribution < 1.29 is 23.9 Å². The van der Waals surface area contributed by atoms with Gasteiger partial charge in [0.15, 0.2) is 11.9 Å². The summed E-state index contributed by atoms with van der Waals surface area (Å²) in [5, 5.41) is 0. The van der Waals surface area contributed by atoms with Crippen LogP contribution in [0.4, 0.5) is 5.69 Å². The average molecular weight is 354 g/mol. The maximum absolute atomic E-state index is 12.5. The number of halogens is 1. The van der Waals surface area contributed by atoms with Crippen LogP contribution in [0.5, 0.6) is 5.75 Å². The van der Waals surface area contributed by atoms with E-state index in [1.54, 1.807) is 26.0 Å². The summed E-state index contributed by atoms with van der Waals surface area (Å²) in [6, 6.07) is 3.89. The van der Waals surface area contributed by atoms with Crippen LogP contribution in [-0.2, 0) is 14.3 Å². The lowest BCUT2D eigenvalue weighted by molar-refractivity contribution is -0.146. The number of hydrogen-bond acceptors (Lipinski definition) is 5. The Bertz CT molecular complexity index is 660. The lowest BCUT2D eigenvalue weighted by Crippen LogP contribution is -2.52. The molecule has 1 aliphatic rings. The van der Waals surface area contributed by atoms with Crippen molar-refractivity contribution in [3.05, 3.63) is 23.8 Å². The molecular formula is C17H20ClNO5. The van der Waals surface area contributed by atoms with Crippen LogP contribution in [0.3, 0.4) is 0 Å². The molecule has 130 valence electrons. The topological polar surface area (TPSA) is 72.9 Å². The number of nitrogens with zero attached hydrogens (tertiary/aromatic N) is 1. The Balaban J connectivity index is 2.42. The molecule has 0 aromatic heterocycles. The van der Waals surface area contributed by atoms with Crippen molar-refractivity contribution in [1.29, 1.82) is 0 Å². The number of ketones is 1. The second-order valence-electron chi connectivity index (χ2n) is 5.55. The van der Waals surface area contributed by atoms with Gasteiger partial charge in [-0.15, -0.1) is 11.6 Å². The predicted octanol–water partition coefficient (Wildman–Crippen LogP) is 2.56. The molecule has 1 aromatic rings. The predicted molar refractivity (Wildman–Crippen MR) is 89.8 cm³/mol. The number of amides is 1. The van der Waals surface area contributed by atoms with Gasteiger partial charge in [0.1, 0.15) is 11.8 Å². The number of fused-ring (bicyclic) bond motifs is 1. The van der Waals surface area contributed by atoms with E-state index in [1.165, 1.54) is 11.0 Å². The van der Waals surface area contributed by atoms with E-state index in [-0.39, 0.29) is 24.2 Å². The summed E-state index contributed by atoms with van der Waals surface area (Å²) < 4.78 is 10.7. The number of Topliss-reactive ketones (excluding diaryl/α,β-unsaturated/α-hetero) is 1. The second-order valence-corrected chi connectivity index (χ2v) is 5.82. The Kier molecular flexibility index (Phi) is 5.83. The van der Waals surface area contributed by atoms with Gasteiger partial charge in [-0.2, -0.15) is 0 Å². The van der Waals surface area contributed by atoms with Crippen molar-refractivity contribution in [2.75, 3.05) is 17.4 Å². The number of esters is 1. The summed E-state index contributed by atoms with van der Waals surface area (Å²) in [6.07, 6.45) is -0.0369. The summed E-state index contributed by atoms with van der Waals surface area (Å²) in [5.41, 5.74) is 0.726. The highest BCUT2D eigenvalue weighted by atomic mass is 35.5. The molecule has 0 spiro atoms. The van der Waals surface area contributed by atoms with Gasteiger partial charge < -0.3 is 9.47 Å². The molecule has 24 heavy (non-hydrogen) atoms. The zero-order valence-electron chi connectivity index (χ0n) is 13.9. The lowest BCUT2D eigenvalue weighted by Gasteiger charge is -2.36. The first-order chi connectivity index (χ1) is 11.4. The number of anilines is 1. The Hall–Kier alpha value is -2.08. The van der Waals surface area contributed by atoms with Gasteiger partial charge in [-0.05, 0) is 38.5 Å². The molecular weight excluding hydrogens is 334 g/mol. The fourth-order valence-corrected chi connectivity index (χ4v) is 2.59.